The first-order valence-corrected chi connectivity index (χ1v) is 7.07. The van der Waals surface area contributed by atoms with Crippen LogP contribution in [-0.4, -0.2) is 16.7 Å². The summed E-state index contributed by atoms with van der Waals surface area (Å²) in [7, 11) is 0. The van der Waals surface area contributed by atoms with E-state index in [9.17, 15) is 0 Å². The normalized spacial score (nSPS) is 11.1. The van der Waals surface area contributed by atoms with E-state index in [2.05, 4.69) is 39.8 Å². The highest BCUT2D eigenvalue weighted by atomic mass is 32.1. The Labute approximate surface area is 107 Å². The first kappa shape index (κ1) is 10.8. The fourth-order valence-electron chi connectivity index (χ4n) is 1.73. The molecular weight excluding hydrogens is 250 g/mol. The zero-order valence-electron chi connectivity index (χ0n) is 9.09. The molecule has 3 rings (SSSR count). The zero-order chi connectivity index (χ0) is 11.7. The standard InChI is InChI=1S/C12H11N3S2/c13-6-5-11-14-15-12(17-11)9-7-16-10-4-2-1-3-8(9)10/h1-4,7H,5-6,13H2. The number of nitrogens with zero attached hydrogens (tertiary/aromatic N) is 2. The minimum Gasteiger partial charge on any atom is -0.330 e. The van der Waals surface area contributed by atoms with Crippen molar-refractivity contribution in [3.05, 3.63) is 34.7 Å². The molecule has 0 aliphatic rings. The van der Waals surface area contributed by atoms with Crippen LogP contribution in [0.1, 0.15) is 5.01 Å². The lowest BCUT2D eigenvalue weighted by molar-refractivity contribution is 0.913. The summed E-state index contributed by atoms with van der Waals surface area (Å²) in [5, 5.41) is 13.8. The highest BCUT2D eigenvalue weighted by molar-refractivity contribution is 7.19. The molecule has 0 amide bonds. The maximum absolute atomic E-state index is 5.52. The van der Waals surface area contributed by atoms with E-state index in [0.29, 0.717) is 6.54 Å². The van der Waals surface area contributed by atoms with Crippen molar-refractivity contribution >= 4 is 32.8 Å². The smallest absolute Gasteiger partial charge is 0.149 e. The molecule has 0 bridgehead atoms. The average molecular weight is 261 g/mol. The van der Waals surface area contributed by atoms with Crippen molar-refractivity contribution in [3.8, 4) is 10.6 Å². The van der Waals surface area contributed by atoms with E-state index >= 15 is 0 Å². The largest absolute Gasteiger partial charge is 0.330 e. The molecule has 2 N–H and O–H groups in total. The van der Waals surface area contributed by atoms with Crippen molar-refractivity contribution in [1.29, 1.82) is 0 Å². The van der Waals surface area contributed by atoms with Gasteiger partial charge in [-0.25, -0.2) is 0 Å². The van der Waals surface area contributed by atoms with E-state index in [1.807, 2.05) is 0 Å². The Kier molecular flexibility index (Phi) is 2.88. The van der Waals surface area contributed by atoms with Crippen LogP contribution in [0.4, 0.5) is 0 Å². The van der Waals surface area contributed by atoms with Crippen molar-refractivity contribution in [1.82, 2.24) is 10.2 Å². The highest BCUT2D eigenvalue weighted by Crippen LogP contribution is 2.35. The van der Waals surface area contributed by atoms with Crippen molar-refractivity contribution < 1.29 is 0 Å². The van der Waals surface area contributed by atoms with Gasteiger partial charge in [0.25, 0.3) is 0 Å². The minimum absolute atomic E-state index is 0.624. The van der Waals surface area contributed by atoms with Gasteiger partial charge in [0.2, 0.25) is 0 Å². The zero-order valence-corrected chi connectivity index (χ0v) is 10.7. The monoisotopic (exact) mass is 261 g/mol. The van der Waals surface area contributed by atoms with Crippen LogP contribution >= 0.6 is 22.7 Å². The Balaban J connectivity index is 2.07. The van der Waals surface area contributed by atoms with E-state index in [1.54, 1.807) is 22.7 Å². The maximum Gasteiger partial charge on any atom is 0.149 e. The molecule has 17 heavy (non-hydrogen) atoms. The number of aromatic nitrogens is 2. The average Bonchev–Trinajstić information content (AvgIpc) is 2.95. The Morgan fingerprint density at radius 3 is 2.94 bits per heavy atom. The Morgan fingerprint density at radius 1 is 1.18 bits per heavy atom. The molecule has 0 unspecified atom stereocenters. The number of nitrogens with two attached hydrogens (primary N) is 1. The molecule has 0 saturated carbocycles. The van der Waals surface area contributed by atoms with E-state index in [0.717, 1.165) is 16.4 Å². The van der Waals surface area contributed by atoms with Crippen LogP contribution in [0.2, 0.25) is 0 Å². The first-order valence-electron chi connectivity index (χ1n) is 5.37. The molecule has 5 heteroatoms. The predicted molar refractivity (Wildman–Crippen MR) is 73.5 cm³/mol. The first-order chi connectivity index (χ1) is 8.38. The van der Waals surface area contributed by atoms with E-state index in [-0.39, 0.29) is 0 Å². The maximum atomic E-state index is 5.52. The molecule has 0 aliphatic heterocycles. The molecule has 0 aliphatic carbocycles. The van der Waals surface area contributed by atoms with Crippen LogP contribution in [-0.2, 0) is 6.42 Å². The summed E-state index contributed by atoms with van der Waals surface area (Å²) in [5.41, 5.74) is 6.71. The Hall–Kier alpha value is -1.30. The Morgan fingerprint density at radius 2 is 2.06 bits per heavy atom. The van der Waals surface area contributed by atoms with E-state index < -0.39 is 0 Å². The number of hydrogen-bond acceptors (Lipinski definition) is 5. The second-order valence-corrected chi connectivity index (χ2v) is 5.66. The number of rotatable bonds is 3. The second-order valence-electron chi connectivity index (χ2n) is 3.69. The summed E-state index contributed by atoms with van der Waals surface area (Å²) < 4.78 is 1.29. The topological polar surface area (TPSA) is 51.8 Å². The van der Waals surface area contributed by atoms with Gasteiger partial charge in [0.05, 0.1) is 0 Å². The third-order valence-electron chi connectivity index (χ3n) is 2.54. The van der Waals surface area contributed by atoms with Crippen LogP contribution in [0.5, 0.6) is 0 Å². The van der Waals surface area contributed by atoms with Crippen molar-refractivity contribution in [3.63, 3.8) is 0 Å². The summed E-state index contributed by atoms with van der Waals surface area (Å²) in [6, 6.07) is 8.37. The second kappa shape index (κ2) is 4.52. The van der Waals surface area contributed by atoms with Crippen molar-refractivity contribution in [2.45, 2.75) is 6.42 Å². The third kappa shape index (κ3) is 1.97. The summed E-state index contributed by atoms with van der Waals surface area (Å²) in [5.74, 6) is 0. The third-order valence-corrected chi connectivity index (χ3v) is 4.52. The van der Waals surface area contributed by atoms with Gasteiger partial charge in [0.1, 0.15) is 10.0 Å². The van der Waals surface area contributed by atoms with Gasteiger partial charge in [0.15, 0.2) is 0 Å². The lowest BCUT2D eigenvalue weighted by Gasteiger charge is -1.92. The quantitative estimate of drug-likeness (QED) is 0.788. The molecule has 2 heterocycles. The molecule has 0 spiro atoms. The molecule has 1 aromatic carbocycles. The number of benzene rings is 1. The van der Waals surface area contributed by atoms with Gasteiger partial charge in [-0.1, -0.05) is 29.5 Å². The lowest BCUT2D eigenvalue weighted by atomic mass is 10.2. The molecule has 2 aromatic heterocycles. The Bertz CT molecular complexity index is 642. The van der Waals surface area contributed by atoms with Gasteiger partial charge in [-0.15, -0.1) is 21.5 Å². The van der Waals surface area contributed by atoms with Gasteiger partial charge in [-0.05, 0) is 12.6 Å². The van der Waals surface area contributed by atoms with Gasteiger partial charge >= 0.3 is 0 Å². The fourth-order valence-corrected chi connectivity index (χ4v) is 3.64. The SMILES string of the molecule is NCCc1nnc(-c2csc3ccccc23)s1. The summed E-state index contributed by atoms with van der Waals surface area (Å²) in [6.45, 7) is 0.624. The van der Waals surface area contributed by atoms with Crippen LogP contribution in [0.15, 0.2) is 29.6 Å². The molecule has 0 radical (unpaired) electrons. The van der Waals surface area contributed by atoms with Gasteiger partial charge in [-0.2, -0.15) is 0 Å². The molecule has 0 fully saturated rings. The summed E-state index contributed by atoms with van der Waals surface area (Å²) in [4.78, 5) is 0. The highest BCUT2D eigenvalue weighted by Gasteiger charge is 2.10. The molecular formula is C12H11N3S2. The van der Waals surface area contributed by atoms with Crippen LogP contribution in [0.3, 0.4) is 0 Å². The number of hydrogen-bond donors (Lipinski definition) is 1. The molecule has 0 saturated heterocycles. The molecule has 3 aromatic rings. The lowest BCUT2D eigenvalue weighted by Crippen LogP contribution is -2.01. The molecule has 86 valence electrons. The van der Waals surface area contributed by atoms with Crippen LogP contribution < -0.4 is 5.73 Å². The van der Waals surface area contributed by atoms with Crippen molar-refractivity contribution in [2.24, 2.45) is 5.73 Å². The van der Waals surface area contributed by atoms with Crippen molar-refractivity contribution in [2.75, 3.05) is 6.54 Å². The number of thiophene rings is 1. The molecule has 3 nitrogen and oxygen atoms in total. The van der Waals surface area contributed by atoms with E-state index in [4.69, 9.17) is 5.73 Å². The molecule has 0 atom stereocenters. The minimum atomic E-state index is 0.624. The van der Waals surface area contributed by atoms with Crippen LogP contribution in [0, 0.1) is 0 Å². The van der Waals surface area contributed by atoms with Gasteiger partial charge in [-0.3, -0.25) is 0 Å². The van der Waals surface area contributed by atoms with Gasteiger partial charge in [0, 0.05) is 27.5 Å². The van der Waals surface area contributed by atoms with E-state index in [1.165, 1.54) is 15.6 Å². The van der Waals surface area contributed by atoms with Gasteiger partial charge < -0.3 is 5.73 Å². The number of fused-ring (bicyclic) bond motifs is 1. The summed E-state index contributed by atoms with van der Waals surface area (Å²) >= 11 is 3.38. The van der Waals surface area contributed by atoms with Crippen LogP contribution in [0.25, 0.3) is 20.7 Å². The summed E-state index contributed by atoms with van der Waals surface area (Å²) in [6.07, 6.45) is 0.805. The predicted octanol–water partition coefficient (Wildman–Crippen LogP) is 2.92. The fraction of sp³-hybridized carbons (Fsp3) is 0.167.